The van der Waals surface area contributed by atoms with Crippen LogP contribution in [0.25, 0.3) is 0 Å². The second kappa shape index (κ2) is 2.35. The molecule has 0 saturated carbocycles. The third-order valence-electron chi connectivity index (χ3n) is 1.11. The first kappa shape index (κ1) is 5.89. The quantitative estimate of drug-likeness (QED) is 0.615. The van der Waals surface area contributed by atoms with E-state index in [1.54, 1.807) is 0 Å². The van der Waals surface area contributed by atoms with Crippen molar-refractivity contribution in [3.05, 3.63) is 22.9 Å². The Hall–Kier alpha value is -0.240. The van der Waals surface area contributed by atoms with E-state index in [2.05, 4.69) is 27.4 Å². The van der Waals surface area contributed by atoms with Crippen LogP contribution in [0.5, 0.6) is 0 Å². The van der Waals surface area contributed by atoms with E-state index in [4.69, 9.17) is 0 Å². The zero-order valence-electron chi connectivity index (χ0n) is 4.76. The largest absolute Gasteiger partial charge is 0.343 e. The lowest BCUT2D eigenvalue weighted by Crippen LogP contribution is -1.89. The van der Waals surface area contributed by atoms with Gasteiger partial charge in [0.05, 0.1) is 4.60 Å². The van der Waals surface area contributed by atoms with E-state index in [-0.39, 0.29) is 0 Å². The van der Waals surface area contributed by atoms with Crippen molar-refractivity contribution in [1.82, 2.24) is 4.57 Å². The SMILES string of the molecule is CCn1cccc1Br. The number of halogens is 1. The summed E-state index contributed by atoms with van der Waals surface area (Å²) in [5.41, 5.74) is 0. The number of aromatic nitrogens is 1. The summed E-state index contributed by atoms with van der Waals surface area (Å²) in [6, 6.07) is 4.05. The van der Waals surface area contributed by atoms with Crippen LogP contribution in [0.3, 0.4) is 0 Å². The van der Waals surface area contributed by atoms with Gasteiger partial charge in [0.15, 0.2) is 0 Å². The fourth-order valence-corrected chi connectivity index (χ4v) is 1.17. The molecule has 0 unspecified atom stereocenters. The fourth-order valence-electron chi connectivity index (χ4n) is 0.650. The molecular formula is C6H8BrN. The number of hydrogen-bond donors (Lipinski definition) is 0. The molecule has 1 rings (SSSR count). The van der Waals surface area contributed by atoms with E-state index in [1.807, 2.05) is 18.3 Å². The van der Waals surface area contributed by atoms with Gasteiger partial charge in [-0.1, -0.05) is 0 Å². The Kier molecular flexibility index (Phi) is 1.73. The molecule has 0 spiro atoms. The molecule has 0 aliphatic rings. The predicted octanol–water partition coefficient (Wildman–Crippen LogP) is 2.27. The minimum atomic E-state index is 1.04. The Bertz CT molecular complexity index is 169. The van der Waals surface area contributed by atoms with E-state index in [1.165, 1.54) is 0 Å². The summed E-state index contributed by atoms with van der Waals surface area (Å²) >= 11 is 3.39. The average Bonchev–Trinajstić information content (AvgIpc) is 2.14. The van der Waals surface area contributed by atoms with Crippen molar-refractivity contribution in [3.8, 4) is 0 Å². The number of rotatable bonds is 1. The minimum absolute atomic E-state index is 1.04. The van der Waals surface area contributed by atoms with Crippen LogP contribution in [0.1, 0.15) is 6.92 Å². The van der Waals surface area contributed by atoms with Crippen LogP contribution in [0.4, 0.5) is 0 Å². The molecule has 8 heavy (non-hydrogen) atoms. The minimum Gasteiger partial charge on any atom is -0.343 e. The molecule has 2 heteroatoms. The first-order valence-electron chi connectivity index (χ1n) is 2.65. The van der Waals surface area contributed by atoms with E-state index in [0.29, 0.717) is 0 Å². The van der Waals surface area contributed by atoms with Crippen LogP contribution in [0.2, 0.25) is 0 Å². The lowest BCUT2D eigenvalue weighted by atomic mass is 10.7. The van der Waals surface area contributed by atoms with Crippen molar-refractivity contribution in [2.45, 2.75) is 13.5 Å². The third kappa shape index (κ3) is 0.944. The highest BCUT2D eigenvalue weighted by atomic mass is 79.9. The van der Waals surface area contributed by atoms with Gasteiger partial charge in [0.25, 0.3) is 0 Å². The molecule has 0 fully saturated rings. The van der Waals surface area contributed by atoms with Crippen molar-refractivity contribution >= 4 is 15.9 Å². The molecule has 1 aromatic heterocycles. The van der Waals surface area contributed by atoms with Crippen LogP contribution < -0.4 is 0 Å². The van der Waals surface area contributed by atoms with Crippen LogP contribution in [0, 0.1) is 0 Å². The number of nitrogens with zero attached hydrogens (tertiary/aromatic N) is 1. The zero-order valence-corrected chi connectivity index (χ0v) is 6.35. The maximum absolute atomic E-state index is 3.39. The molecule has 44 valence electrons. The molecule has 0 bridgehead atoms. The van der Waals surface area contributed by atoms with Gasteiger partial charge in [-0.05, 0) is 35.0 Å². The summed E-state index contributed by atoms with van der Waals surface area (Å²) in [6.45, 7) is 3.15. The standard InChI is InChI=1S/C6H8BrN/c1-2-8-5-3-4-6(8)7/h3-5H,2H2,1H3. The Labute approximate surface area is 57.4 Å². The molecule has 0 N–H and O–H groups in total. The molecule has 1 aromatic rings. The lowest BCUT2D eigenvalue weighted by Gasteiger charge is -1.95. The summed E-state index contributed by atoms with van der Waals surface area (Å²) in [5, 5.41) is 0. The molecule has 0 aliphatic carbocycles. The highest BCUT2D eigenvalue weighted by molar-refractivity contribution is 9.10. The van der Waals surface area contributed by atoms with Crippen LogP contribution in [0.15, 0.2) is 22.9 Å². The highest BCUT2D eigenvalue weighted by Gasteiger charge is 1.89. The molecule has 0 aliphatic heterocycles. The van der Waals surface area contributed by atoms with Gasteiger partial charge in [-0.25, -0.2) is 0 Å². The summed E-state index contributed by atoms with van der Waals surface area (Å²) in [7, 11) is 0. The first-order valence-corrected chi connectivity index (χ1v) is 3.44. The van der Waals surface area contributed by atoms with E-state index in [0.717, 1.165) is 11.1 Å². The fraction of sp³-hybridized carbons (Fsp3) is 0.333. The van der Waals surface area contributed by atoms with Crippen molar-refractivity contribution in [2.75, 3.05) is 0 Å². The van der Waals surface area contributed by atoms with Crippen molar-refractivity contribution in [3.63, 3.8) is 0 Å². The van der Waals surface area contributed by atoms with Gasteiger partial charge >= 0.3 is 0 Å². The van der Waals surface area contributed by atoms with Crippen LogP contribution in [-0.2, 0) is 6.54 Å². The van der Waals surface area contributed by atoms with Gasteiger partial charge in [-0.3, -0.25) is 0 Å². The van der Waals surface area contributed by atoms with Gasteiger partial charge in [0, 0.05) is 12.7 Å². The molecule has 0 aromatic carbocycles. The second-order valence-electron chi connectivity index (χ2n) is 1.62. The normalized spacial score (nSPS) is 9.75. The summed E-state index contributed by atoms with van der Waals surface area (Å²) in [5.74, 6) is 0. The van der Waals surface area contributed by atoms with Gasteiger partial charge in [-0.2, -0.15) is 0 Å². The Morgan fingerprint density at radius 1 is 1.75 bits per heavy atom. The molecule has 1 heterocycles. The monoisotopic (exact) mass is 173 g/mol. The molecule has 0 amide bonds. The van der Waals surface area contributed by atoms with E-state index >= 15 is 0 Å². The van der Waals surface area contributed by atoms with Gasteiger partial charge < -0.3 is 4.57 Å². The van der Waals surface area contributed by atoms with Crippen molar-refractivity contribution < 1.29 is 0 Å². The van der Waals surface area contributed by atoms with Crippen molar-refractivity contribution in [2.24, 2.45) is 0 Å². The first-order chi connectivity index (χ1) is 3.84. The topological polar surface area (TPSA) is 4.93 Å². The van der Waals surface area contributed by atoms with Crippen LogP contribution >= 0.6 is 15.9 Å². The summed E-state index contributed by atoms with van der Waals surface area (Å²) in [6.07, 6.45) is 2.05. The molecule has 0 atom stereocenters. The number of hydrogen-bond acceptors (Lipinski definition) is 0. The molecule has 0 saturated heterocycles. The van der Waals surface area contributed by atoms with Gasteiger partial charge in [-0.15, -0.1) is 0 Å². The highest BCUT2D eigenvalue weighted by Crippen LogP contribution is 2.08. The zero-order chi connectivity index (χ0) is 5.98. The second-order valence-corrected chi connectivity index (χ2v) is 2.43. The smallest absolute Gasteiger partial charge is 0.0846 e. The average molecular weight is 174 g/mol. The van der Waals surface area contributed by atoms with Crippen molar-refractivity contribution in [1.29, 1.82) is 0 Å². The predicted molar refractivity (Wildman–Crippen MR) is 37.8 cm³/mol. The Morgan fingerprint density at radius 2 is 2.50 bits per heavy atom. The molecule has 0 radical (unpaired) electrons. The third-order valence-corrected chi connectivity index (χ3v) is 1.83. The lowest BCUT2D eigenvalue weighted by molar-refractivity contribution is 0.752. The van der Waals surface area contributed by atoms with E-state index < -0.39 is 0 Å². The summed E-state index contributed by atoms with van der Waals surface area (Å²) in [4.78, 5) is 0. The summed E-state index contributed by atoms with van der Waals surface area (Å²) < 4.78 is 3.28. The molecular weight excluding hydrogens is 166 g/mol. The van der Waals surface area contributed by atoms with Crippen LogP contribution in [-0.4, -0.2) is 4.57 Å². The molecule has 1 nitrogen and oxygen atoms in total. The maximum Gasteiger partial charge on any atom is 0.0846 e. The Balaban J connectivity index is 2.92. The maximum atomic E-state index is 3.39. The van der Waals surface area contributed by atoms with Gasteiger partial charge in [0.2, 0.25) is 0 Å². The van der Waals surface area contributed by atoms with Gasteiger partial charge in [0.1, 0.15) is 0 Å². The Morgan fingerprint density at radius 3 is 2.75 bits per heavy atom. The van der Waals surface area contributed by atoms with E-state index in [9.17, 15) is 0 Å². The number of aryl methyl sites for hydroxylation is 1.